The molecule has 3 rings (SSSR count). The highest BCUT2D eigenvalue weighted by Crippen LogP contribution is 2.32. The molecule has 0 aliphatic carbocycles. The first-order valence-electron chi connectivity index (χ1n) is 8.66. The van der Waals surface area contributed by atoms with Gasteiger partial charge in [0.15, 0.2) is 11.0 Å². The van der Waals surface area contributed by atoms with Gasteiger partial charge in [0.05, 0.1) is 18.6 Å². The Labute approximate surface area is 163 Å². The lowest BCUT2D eigenvalue weighted by Crippen LogP contribution is -2.31. The van der Waals surface area contributed by atoms with Gasteiger partial charge in [0.2, 0.25) is 5.91 Å². The van der Waals surface area contributed by atoms with E-state index >= 15 is 0 Å². The normalized spacial score (nSPS) is 10.8. The number of nitrogens with one attached hydrogen (secondary N) is 1. The summed E-state index contributed by atoms with van der Waals surface area (Å²) in [6, 6.07) is 17.6. The number of methoxy groups -OCH3 is 1. The van der Waals surface area contributed by atoms with Gasteiger partial charge in [-0.3, -0.25) is 9.36 Å². The van der Waals surface area contributed by atoms with E-state index in [0.29, 0.717) is 16.7 Å². The van der Waals surface area contributed by atoms with E-state index in [0.717, 1.165) is 11.3 Å². The van der Waals surface area contributed by atoms with Crippen molar-refractivity contribution >= 4 is 17.7 Å². The number of aromatic nitrogens is 3. The third-order valence-corrected chi connectivity index (χ3v) is 4.70. The maximum atomic E-state index is 12.1. The van der Waals surface area contributed by atoms with Crippen molar-refractivity contribution in [2.75, 3.05) is 12.9 Å². The van der Waals surface area contributed by atoms with Crippen LogP contribution in [-0.4, -0.2) is 39.6 Å². The molecule has 6 nitrogen and oxygen atoms in total. The molecule has 0 unspecified atom stereocenters. The molecule has 2 aromatic carbocycles. The predicted molar refractivity (Wildman–Crippen MR) is 107 cm³/mol. The number of nitrogens with zero attached hydrogens (tertiary/aromatic N) is 3. The minimum atomic E-state index is -0.0363. The van der Waals surface area contributed by atoms with Crippen LogP contribution in [0.2, 0.25) is 0 Å². The fourth-order valence-corrected chi connectivity index (χ4v) is 3.42. The maximum Gasteiger partial charge on any atom is 0.230 e. The summed E-state index contributed by atoms with van der Waals surface area (Å²) in [7, 11) is 1.63. The predicted octanol–water partition coefficient (Wildman–Crippen LogP) is 3.56. The standard InChI is InChI=1S/C20H22N4O2S/c1-14(2)21-18(25)13-27-20-23-22-19(15-9-5-4-6-10-15)24(20)16-11-7-8-12-17(16)26-3/h4-12,14H,13H2,1-3H3,(H,21,25). The first-order chi connectivity index (χ1) is 13.1. The monoisotopic (exact) mass is 382 g/mol. The first-order valence-corrected chi connectivity index (χ1v) is 9.65. The minimum Gasteiger partial charge on any atom is -0.495 e. The molecule has 0 spiro atoms. The van der Waals surface area contributed by atoms with Crippen LogP contribution in [-0.2, 0) is 4.79 Å². The molecule has 0 atom stereocenters. The zero-order chi connectivity index (χ0) is 19.2. The van der Waals surface area contributed by atoms with Gasteiger partial charge in [-0.1, -0.05) is 54.2 Å². The summed E-state index contributed by atoms with van der Waals surface area (Å²) in [5.41, 5.74) is 1.77. The van der Waals surface area contributed by atoms with Crippen molar-refractivity contribution in [3.63, 3.8) is 0 Å². The Kier molecular flexibility index (Phi) is 6.13. The van der Waals surface area contributed by atoms with Crippen LogP contribution >= 0.6 is 11.8 Å². The SMILES string of the molecule is COc1ccccc1-n1c(SCC(=O)NC(C)C)nnc1-c1ccccc1. The van der Waals surface area contributed by atoms with Gasteiger partial charge in [0.1, 0.15) is 5.75 Å². The zero-order valence-corrected chi connectivity index (χ0v) is 16.4. The van der Waals surface area contributed by atoms with Crippen LogP contribution in [0.15, 0.2) is 59.8 Å². The highest BCUT2D eigenvalue weighted by atomic mass is 32.2. The van der Waals surface area contributed by atoms with Crippen LogP contribution in [0, 0.1) is 0 Å². The summed E-state index contributed by atoms with van der Waals surface area (Å²) in [5.74, 6) is 1.64. The van der Waals surface area contributed by atoms with Crippen LogP contribution in [0.25, 0.3) is 17.1 Å². The number of thioether (sulfide) groups is 1. The summed E-state index contributed by atoms with van der Waals surface area (Å²) >= 11 is 1.35. The highest BCUT2D eigenvalue weighted by Gasteiger charge is 2.19. The summed E-state index contributed by atoms with van der Waals surface area (Å²) < 4.78 is 7.46. The number of amides is 1. The number of para-hydroxylation sites is 2. The highest BCUT2D eigenvalue weighted by molar-refractivity contribution is 7.99. The van der Waals surface area contributed by atoms with Gasteiger partial charge in [-0.15, -0.1) is 10.2 Å². The van der Waals surface area contributed by atoms with Crippen LogP contribution in [0.4, 0.5) is 0 Å². The van der Waals surface area contributed by atoms with Gasteiger partial charge in [0, 0.05) is 11.6 Å². The Hall–Kier alpha value is -2.80. The Balaban J connectivity index is 2.02. The molecule has 0 saturated heterocycles. The van der Waals surface area contributed by atoms with Crippen LogP contribution in [0.1, 0.15) is 13.8 Å². The zero-order valence-electron chi connectivity index (χ0n) is 15.5. The fourth-order valence-electron chi connectivity index (χ4n) is 2.66. The molecule has 3 aromatic rings. The van der Waals surface area contributed by atoms with E-state index in [1.54, 1.807) is 7.11 Å². The second-order valence-electron chi connectivity index (χ2n) is 6.19. The van der Waals surface area contributed by atoms with E-state index in [2.05, 4.69) is 15.5 Å². The summed E-state index contributed by atoms with van der Waals surface area (Å²) in [6.45, 7) is 3.88. The van der Waals surface area contributed by atoms with Crippen LogP contribution in [0.5, 0.6) is 5.75 Å². The molecule has 7 heteroatoms. The van der Waals surface area contributed by atoms with Crippen molar-refractivity contribution in [2.24, 2.45) is 0 Å². The summed E-state index contributed by atoms with van der Waals surface area (Å²) in [6.07, 6.45) is 0. The third-order valence-electron chi connectivity index (χ3n) is 3.77. The number of hydrogen-bond donors (Lipinski definition) is 1. The van der Waals surface area contributed by atoms with Crippen molar-refractivity contribution in [3.05, 3.63) is 54.6 Å². The molecule has 27 heavy (non-hydrogen) atoms. The molecule has 1 aromatic heterocycles. The lowest BCUT2D eigenvalue weighted by atomic mass is 10.2. The topological polar surface area (TPSA) is 69.0 Å². The smallest absolute Gasteiger partial charge is 0.230 e. The van der Waals surface area contributed by atoms with E-state index in [9.17, 15) is 4.79 Å². The molecule has 0 radical (unpaired) electrons. The summed E-state index contributed by atoms with van der Waals surface area (Å²) in [5, 5.41) is 12.2. The number of benzene rings is 2. The lowest BCUT2D eigenvalue weighted by Gasteiger charge is -2.14. The molecular formula is C20H22N4O2S. The molecule has 1 amide bonds. The lowest BCUT2D eigenvalue weighted by molar-refractivity contribution is -0.119. The average Bonchev–Trinajstić information content (AvgIpc) is 3.10. The quantitative estimate of drug-likeness (QED) is 0.633. The van der Waals surface area contributed by atoms with Gasteiger partial charge in [-0.25, -0.2) is 0 Å². The van der Waals surface area contributed by atoms with Crippen molar-refractivity contribution in [2.45, 2.75) is 25.0 Å². The minimum absolute atomic E-state index is 0.0363. The molecule has 140 valence electrons. The van der Waals surface area contributed by atoms with Gasteiger partial charge < -0.3 is 10.1 Å². The maximum absolute atomic E-state index is 12.1. The molecule has 1 heterocycles. The third kappa shape index (κ3) is 4.49. The molecule has 0 bridgehead atoms. The van der Waals surface area contributed by atoms with Gasteiger partial charge in [-0.2, -0.15) is 0 Å². The van der Waals surface area contributed by atoms with E-state index < -0.39 is 0 Å². The number of carbonyl (C=O) groups excluding carboxylic acids is 1. The van der Waals surface area contributed by atoms with Gasteiger partial charge in [-0.05, 0) is 26.0 Å². The van der Waals surface area contributed by atoms with Crippen LogP contribution in [0.3, 0.4) is 0 Å². The van der Waals surface area contributed by atoms with Crippen LogP contribution < -0.4 is 10.1 Å². The van der Waals surface area contributed by atoms with E-state index in [4.69, 9.17) is 4.74 Å². The number of carbonyl (C=O) groups is 1. The average molecular weight is 382 g/mol. The molecule has 1 N–H and O–H groups in total. The van der Waals surface area contributed by atoms with E-state index in [1.165, 1.54) is 11.8 Å². The molecule has 0 aliphatic rings. The largest absolute Gasteiger partial charge is 0.495 e. The Bertz CT molecular complexity index is 909. The molecule has 0 aliphatic heterocycles. The molecular weight excluding hydrogens is 360 g/mol. The first kappa shape index (κ1) is 19.0. The number of rotatable bonds is 7. The Morgan fingerprint density at radius 2 is 1.81 bits per heavy atom. The number of ether oxygens (including phenoxy) is 1. The fraction of sp³-hybridized carbons (Fsp3) is 0.250. The van der Waals surface area contributed by atoms with Crippen molar-refractivity contribution in [1.82, 2.24) is 20.1 Å². The van der Waals surface area contributed by atoms with Crippen molar-refractivity contribution < 1.29 is 9.53 Å². The Morgan fingerprint density at radius 3 is 2.52 bits per heavy atom. The van der Waals surface area contributed by atoms with Gasteiger partial charge >= 0.3 is 0 Å². The van der Waals surface area contributed by atoms with E-state index in [-0.39, 0.29) is 17.7 Å². The van der Waals surface area contributed by atoms with Crippen molar-refractivity contribution in [3.8, 4) is 22.8 Å². The Morgan fingerprint density at radius 1 is 1.11 bits per heavy atom. The second-order valence-corrected chi connectivity index (χ2v) is 7.13. The summed E-state index contributed by atoms with van der Waals surface area (Å²) in [4.78, 5) is 12.1. The van der Waals surface area contributed by atoms with Crippen molar-refractivity contribution in [1.29, 1.82) is 0 Å². The molecule has 0 fully saturated rings. The van der Waals surface area contributed by atoms with E-state index in [1.807, 2.05) is 73.0 Å². The molecule has 0 saturated carbocycles. The second kappa shape index (κ2) is 8.73. The number of hydrogen-bond acceptors (Lipinski definition) is 5. The van der Waals surface area contributed by atoms with Gasteiger partial charge in [0.25, 0.3) is 0 Å².